The Labute approximate surface area is 60.3 Å². The van der Waals surface area contributed by atoms with Crippen LogP contribution in [-0.4, -0.2) is 18.2 Å². The highest BCUT2D eigenvalue weighted by molar-refractivity contribution is 8.02. The summed E-state index contributed by atoms with van der Waals surface area (Å²) < 4.78 is 0. The summed E-state index contributed by atoms with van der Waals surface area (Å²) in [5.74, 6) is 4.13. The molecule has 0 amide bonds. The predicted molar refractivity (Wildman–Crippen MR) is 43.2 cm³/mol. The number of nitrogens with zero attached hydrogens (tertiary/aromatic N) is 1. The number of rotatable bonds is 0. The fraction of sp³-hybridized carbons (Fsp3) is 0.714. The topological polar surface area (TPSA) is 12.4 Å². The van der Waals surface area contributed by atoms with Crippen molar-refractivity contribution in [3.63, 3.8) is 0 Å². The van der Waals surface area contributed by atoms with Crippen LogP contribution in [0.25, 0.3) is 0 Å². The SMILES string of the molecule is C1=CSCCCCCN=1. The molecule has 1 heterocycles. The first-order valence-corrected chi connectivity index (χ1v) is 4.40. The molecule has 0 saturated heterocycles. The largest absolute Gasteiger partial charge is 0.243 e. The second kappa shape index (κ2) is 4.66. The Bertz CT molecular complexity index is 113. The molecule has 0 N–H and O–H groups in total. The number of aliphatic imine (C=N–C) groups is 1. The Balaban J connectivity index is 2.29. The molecular weight excluding hydrogens is 130 g/mol. The van der Waals surface area contributed by atoms with Crippen LogP contribution in [0.3, 0.4) is 0 Å². The van der Waals surface area contributed by atoms with Gasteiger partial charge in [0.1, 0.15) is 0 Å². The van der Waals surface area contributed by atoms with Gasteiger partial charge in [-0.05, 0) is 24.5 Å². The summed E-state index contributed by atoms with van der Waals surface area (Å²) in [5.41, 5.74) is 0. The summed E-state index contributed by atoms with van der Waals surface area (Å²) in [6.45, 7) is 0.969. The van der Waals surface area contributed by atoms with Crippen molar-refractivity contribution in [1.29, 1.82) is 0 Å². The van der Waals surface area contributed by atoms with Crippen LogP contribution in [0.5, 0.6) is 0 Å². The first-order chi connectivity index (χ1) is 4.50. The quantitative estimate of drug-likeness (QED) is 0.503. The molecule has 0 aromatic rings. The molecule has 0 aromatic carbocycles. The zero-order valence-electron chi connectivity index (χ0n) is 5.47. The summed E-state index contributed by atoms with van der Waals surface area (Å²) in [4.78, 5) is 4.06. The van der Waals surface area contributed by atoms with E-state index in [1.165, 1.54) is 25.0 Å². The molecule has 0 unspecified atom stereocenters. The number of thioether (sulfide) groups is 1. The van der Waals surface area contributed by atoms with Crippen molar-refractivity contribution in [2.45, 2.75) is 19.3 Å². The van der Waals surface area contributed by atoms with Gasteiger partial charge in [-0.3, -0.25) is 0 Å². The third-order valence-corrected chi connectivity index (χ3v) is 2.06. The standard InChI is InChI=1S/C7H11NS/c1-2-4-8-5-7-9-6-3-1/h7H,1-4,6H2. The highest BCUT2D eigenvalue weighted by atomic mass is 32.2. The van der Waals surface area contributed by atoms with Gasteiger partial charge < -0.3 is 0 Å². The Kier molecular flexibility index (Phi) is 3.58. The Morgan fingerprint density at radius 2 is 2.33 bits per heavy atom. The maximum atomic E-state index is 4.06. The minimum Gasteiger partial charge on any atom is -0.243 e. The molecule has 0 bridgehead atoms. The minimum atomic E-state index is 0.969. The van der Waals surface area contributed by atoms with Crippen LogP contribution in [0, 0.1) is 0 Å². The van der Waals surface area contributed by atoms with Gasteiger partial charge in [-0.25, -0.2) is 4.99 Å². The molecule has 1 rings (SSSR count). The van der Waals surface area contributed by atoms with Gasteiger partial charge in [0.15, 0.2) is 0 Å². The van der Waals surface area contributed by atoms with Gasteiger partial charge in [0.2, 0.25) is 0 Å². The molecule has 0 aromatic heterocycles. The summed E-state index contributed by atoms with van der Waals surface area (Å²) in [6, 6.07) is 0. The molecule has 50 valence electrons. The molecule has 1 nitrogen and oxygen atoms in total. The first kappa shape index (κ1) is 6.91. The molecular formula is C7H11NS. The van der Waals surface area contributed by atoms with Crippen LogP contribution in [0.1, 0.15) is 19.3 Å². The molecule has 2 heteroatoms. The second-order valence-corrected chi connectivity index (χ2v) is 3.04. The third-order valence-electron chi connectivity index (χ3n) is 1.26. The fourth-order valence-corrected chi connectivity index (χ4v) is 1.39. The van der Waals surface area contributed by atoms with Crippen molar-refractivity contribution in [2.75, 3.05) is 12.3 Å². The molecule has 1 aliphatic rings. The van der Waals surface area contributed by atoms with E-state index in [0.29, 0.717) is 0 Å². The van der Waals surface area contributed by atoms with E-state index in [1.807, 2.05) is 17.2 Å². The first-order valence-electron chi connectivity index (χ1n) is 3.35. The smallest absolute Gasteiger partial charge is 0.0484 e. The van der Waals surface area contributed by atoms with Gasteiger partial charge in [0, 0.05) is 12.0 Å². The summed E-state index contributed by atoms with van der Waals surface area (Å²) >= 11 is 1.81. The van der Waals surface area contributed by atoms with Crippen molar-refractivity contribution < 1.29 is 0 Å². The predicted octanol–water partition coefficient (Wildman–Crippen LogP) is 2.09. The lowest BCUT2D eigenvalue weighted by molar-refractivity contribution is 0.736. The molecule has 9 heavy (non-hydrogen) atoms. The molecule has 0 radical (unpaired) electrons. The average molecular weight is 141 g/mol. The zero-order chi connectivity index (χ0) is 6.36. The van der Waals surface area contributed by atoms with E-state index in [4.69, 9.17) is 0 Å². The lowest BCUT2D eigenvalue weighted by atomic mass is 10.2. The molecule has 1 aliphatic heterocycles. The second-order valence-electron chi connectivity index (χ2n) is 2.06. The lowest BCUT2D eigenvalue weighted by Gasteiger charge is -1.92. The van der Waals surface area contributed by atoms with Crippen LogP contribution in [-0.2, 0) is 0 Å². The third kappa shape index (κ3) is 3.39. The van der Waals surface area contributed by atoms with Crippen molar-refractivity contribution >= 4 is 17.6 Å². The Morgan fingerprint density at radius 3 is 3.33 bits per heavy atom. The Hall–Kier alpha value is -0.200. The van der Waals surface area contributed by atoms with Gasteiger partial charge in [-0.15, -0.1) is 11.8 Å². The fourth-order valence-electron chi connectivity index (χ4n) is 0.751. The van der Waals surface area contributed by atoms with Gasteiger partial charge >= 0.3 is 0 Å². The van der Waals surface area contributed by atoms with Crippen molar-refractivity contribution in [1.82, 2.24) is 0 Å². The highest BCUT2D eigenvalue weighted by Gasteiger charge is 1.88. The van der Waals surface area contributed by atoms with Crippen LogP contribution in [0.2, 0.25) is 0 Å². The molecule has 0 atom stereocenters. The summed E-state index contributed by atoms with van der Waals surface area (Å²) in [5, 5.41) is 1.96. The van der Waals surface area contributed by atoms with Gasteiger partial charge in [0.05, 0.1) is 0 Å². The van der Waals surface area contributed by atoms with Crippen LogP contribution in [0.15, 0.2) is 10.4 Å². The van der Waals surface area contributed by atoms with E-state index in [1.54, 1.807) is 0 Å². The van der Waals surface area contributed by atoms with E-state index in [9.17, 15) is 0 Å². The Morgan fingerprint density at radius 1 is 1.33 bits per heavy atom. The molecule has 0 saturated carbocycles. The van der Waals surface area contributed by atoms with Crippen molar-refractivity contribution in [3.05, 3.63) is 5.41 Å². The molecule has 0 fully saturated rings. The maximum absolute atomic E-state index is 4.06. The van der Waals surface area contributed by atoms with Gasteiger partial charge in [-0.1, -0.05) is 6.42 Å². The maximum Gasteiger partial charge on any atom is 0.0484 e. The molecule has 0 aliphatic carbocycles. The zero-order valence-corrected chi connectivity index (χ0v) is 6.28. The average Bonchev–Trinajstić information content (AvgIpc) is 2.00. The summed E-state index contributed by atoms with van der Waals surface area (Å²) in [7, 11) is 0. The monoisotopic (exact) mass is 141 g/mol. The lowest BCUT2D eigenvalue weighted by Crippen LogP contribution is -1.81. The van der Waals surface area contributed by atoms with Crippen LogP contribution < -0.4 is 0 Å². The highest BCUT2D eigenvalue weighted by Crippen LogP contribution is 2.07. The normalized spacial score (nSPS) is 20.4. The molecule has 0 spiro atoms. The van der Waals surface area contributed by atoms with E-state index in [-0.39, 0.29) is 0 Å². The van der Waals surface area contributed by atoms with E-state index >= 15 is 0 Å². The van der Waals surface area contributed by atoms with Crippen LogP contribution in [0.4, 0.5) is 0 Å². The van der Waals surface area contributed by atoms with Gasteiger partial charge in [0.25, 0.3) is 0 Å². The van der Waals surface area contributed by atoms with E-state index < -0.39 is 0 Å². The van der Waals surface area contributed by atoms with E-state index in [0.717, 1.165) is 6.54 Å². The van der Waals surface area contributed by atoms with Gasteiger partial charge in [-0.2, -0.15) is 0 Å². The van der Waals surface area contributed by atoms with Crippen molar-refractivity contribution in [2.24, 2.45) is 4.99 Å². The van der Waals surface area contributed by atoms with E-state index in [2.05, 4.69) is 10.9 Å². The number of hydrogen-bond acceptors (Lipinski definition) is 2. The van der Waals surface area contributed by atoms with Crippen LogP contribution >= 0.6 is 11.8 Å². The number of hydrogen-bond donors (Lipinski definition) is 0. The van der Waals surface area contributed by atoms with Crippen molar-refractivity contribution in [3.8, 4) is 0 Å². The summed E-state index contributed by atoms with van der Waals surface area (Å²) in [6.07, 6.45) is 3.89. The minimum absolute atomic E-state index is 0.969.